The van der Waals surface area contributed by atoms with Crippen LogP contribution in [0.4, 0.5) is 14.6 Å². The first-order valence-electron chi connectivity index (χ1n) is 8.40. The summed E-state index contributed by atoms with van der Waals surface area (Å²) in [5.41, 5.74) is -0.894. The molecule has 0 radical (unpaired) electrons. The van der Waals surface area contributed by atoms with Gasteiger partial charge in [0.15, 0.2) is 0 Å². The van der Waals surface area contributed by atoms with Crippen molar-refractivity contribution in [2.45, 2.75) is 19.5 Å². The van der Waals surface area contributed by atoms with Gasteiger partial charge in [-0.15, -0.1) is 0 Å². The number of halogens is 2. The van der Waals surface area contributed by atoms with Crippen LogP contribution in [0.15, 0.2) is 52.6 Å². The highest BCUT2D eigenvalue weighted by molar-refractivity contribution is 5.35. The van der Waals surface area contributed by atoms with Gasteiger partial charge in [-0.25, -0.2) is 18.6 Å². The lowest BCUT2D eigenvalue weighted by Crippen LogP contribution is -2.39. The van der Waals surface area contributed by atoms with Gasteiger partial charge in [-0.05, 0) is 12.5 Å². The predicted molar refractivity (Wildman–Crippen MR) is 96.7 cm³/mol. The highest BCUT2D eigenvalue weighted by atomic mass is 19.1. The number of benzene rings is 1. The zero-order valence-corrected chi connectivity index (χ0v) is 14.7. The van der Waals surface area contributed by atoms with Crippen LogP contribution in [0.2, 0.25) is 0 Å². The number of nitrogens with zero attached hydrogens (tertiary/aromatic N) is 4. The highest BCUT2D eigenvalue weighted by Gasteiger charge is 2.12. The second-order valence-corrected chi connectivity index (χ2v) is 6.11. The zero-order chi connectivity index (χ0) is 19.4. The first-order chi connectivity index (χ1) is 13.0. The number of anilines is 1. The van der Waals surface area contributed by atoms with E-state index < -0.39 is 22.9 Å². The van der Waals surface area contributed by atoms with Gasteiger partial charge in [0.05, 0.1) is 12.9 Å². The maximum absolute atomic E-state index is 14.0. The molecule has 0 aliphatic heterocycles. The maximum Gasteiger partial charge on any atom is 0.332 e. The van der Waals surface area contributed by atoms with Crippen molar-refractivity contribution in [3.8, 4) is 0 Å². The molecule has 2 aromatic heterocycles. The molecule has 1 N–H and O–H groups in total. The summed E-state index contributed by atoms with van der Waals surface area (Å²) in [6.07, 6.45) is 5.95. The van der Waals surface area contributed by atoms with Crippen LogP contribution in [-0.4, -0.2) is 25.2 Å². The average Bonchev–Trinajstić information content (AvgIpc) is 3.15. The van der Waals surface area contributed by atoms with Crippen molar-refractivity contribution in [3.05, 3.63) is 81.0 Å². The first-order valence-corrected chi connectivity index (χ1v) is 8.40. The van der Waals surface area contributed by atoms with E-state index in [2.05, 4.69) is 10.3 Å². The van der Waals surface area contributed by atoms with E-state index >= 15 is 0 Å². The summed E-state index contributed by atoms with van der Waals surface area (Å²) in [6.45, 7) is 1.09. The molecule has 27 heavy (non-hydrogen) atoms. The Morgan fingerprint density at radius 3 is 2.70 bits per heavy atom. The molecule has 0 spiro atoms. The SMILES string of the molecule is Cn1c(=O)cc(NCCCn2ccnc2)n(Cc2ccc(F)cc2F)c1=O. The first kappa shape index (κ1) is 18.6. The molecule has 3 rings (SSSR count). The fourth-order valence-corrected chi connectivity index (χ4v) is 2.69. The van der Waals surface area contributed by atoms with Gasteiger partial charge in [-0.3, -0.25) is 13.9 Å². The van der Waals surface area contributed by atoms with Crippen LogP contribution in [0.1, 0.15) is 12.0 Å². The van der Waals surface area contributed by atoms with Crippen molar-refractivity contribution in [3.63, 3.8) is 0 Å². The van der Waals surface area contributed by atoms with Crippen LogP contribution in [0.25, 0.3) is 0 Å². The van der Waals surface area contributed by atoms with E-state index in [1.165, 1.54) is 23.7 Å². The van der Waals surface area contributed by atoms with Crippen LogP contribution >= 0.6 is 0 Å². The quantitative estimate of drug-likeness (QED) is 0.637. The molecule has 0 aliphatic carbocycles. The predicted octanol–water partition coefficient (Wildman–Crippen LogP) is 1.57. The van der Waals surface area contributed by atoms with Crippen molar-refractivity contribution in [1.29, 1.82) is 0 Å². The summed E-state index contributed by atoms with van der Waals surface area (Å²) in [4.78, 5) is 28.4. The van der Waals surface area contributed by atoms with E-state index in [0.29, 0.717) is 13.1 Å². The number of rotatable bonds is 7. The minimum absolute atomic E-state index is 0.122. The summed E-state index contributed by atoms with van der Waals surface area (Å²) in [5, 5.41) is 3.06. The van der Waals surface area contributed by atoms with E-state index in [9.17, 15) is 18.4 Å². The third-order valence-electron chi connectivity index (χ3n) is 4.20. The molecular formula is C18H19F2N5O2. The standard InChI is InChI=1S/C18H19F2N5O2/c1-23-17(26)10-16(22-5-2-7-24-8-6-21-12-24)25(18(23)27)11-13-3-4-14(19)9-15(13)20/h3-4,6,8-10,12,22H,2,5,7,11H2,1H3. The van der Waals surface area contributed by atoms with Crippen molar-refractivity contribution in [2.24, 2.45) is 7.05 Å². The summed E-state index contributed by atoms with van der Waals surface area (Å²) >= 11 is 0. The molecule has 0 amide bonds. The number of hydrogen-bond acceptors (Lipinski definition) is 4. The second-order valence-electron chi connectivity index (χ2n) is 6.11. The molecule has 1 aromatic carbocycles. The molecule has 142 valence electrons. The lowest BCUT2D eigenvalue weighted by Gasteiger charge is -2.16. The van der Waals surface area contributed by atoms with Gasteiger partial charge >= 0.3 is 5.69 Å². The van der Waals surface area contributed by atoms with E-state index in [4.69, 9.17) is 0 Å². The topological polar surface area (TPSA) is 73.8 Å². The molecule has 0 saturated carbocycles. The molecule has 7 nitrogen and oxygen atoms in total. The summed E-state index contributed by atoms with van der Waals surface area (Å²) in [6, 6.07) is 4.47. The molecule has 2 heterocycles. The van der Waals surface area contributed by atoms with Gasteiger partial charge in [0.25, 0.3) is 5.56 Å². The largest absolute Gasteiger partial charge is 0.371 e. The summed E-state index contributed by atoms with van der Waals surface area (Å²) in [7, 11) is 1.35. The Balaban J connectivity index is 1.82. The van der Waals surface area contributed by atoms with Gasteiger partial charge < -0.3 is 9.88 Å². The Hall–Kier alpha value is -3.23. The average molecular weight is 375 g/mol. The van der Waals surface area contributed by atoms with Gasteiger partial charge in [0.1, 0.15) is 17.5 Å². The van der Waals surface area contributed by atoms with Crippen LogP contribution < -0.4 is 16.6 Å². The van der Waals surface area contributed by atoms with E-state index in [1.54, 1.807) is 12.5 Å². The molecule has 3 aromatic rings. The second kappa shape index (κ2) is 7.98. The monoisotopic (exact) mass is 375 g/mol. The molecule has 0 aliphatic rings. The summed E-state index contributed by atoms with van der Waals surface area (Å²) in [5.74, 6) is -1.15. The number of hydrogen-bond donors (Lipinski definition) is 1. The molecule has 0 saturated heterocycles. The minimum Gasteiger partial charge on any atom is -0.371 e. The Bertz CT molecular complexity index is 1040. The van der Waals surface area contributed by atoms with Gasteiger partial charge in [0, 0.05) is 50.2 Å². The normalized spacial score (nSPS) is 10.9. The van der Waals surface area contributed by atoms with E-state index in [0.717, 1.165) is 23.1 Å². The number of aryl methyl sites for hydroxylation is 1. The summed E-state index contributed by atoms with van der Waals surface area (Å²) < 4.78 is 31.2. The number of aromatic nitrogens is 4. The third-order valence-corrected chi connectivity index (χ3v) is 4.20. The van der Waals surface area contributed by atoms with Crippen LogP contribution in [-0.2, 0) is 20.1 Å². The van der Waals surface area contributed by atoms with E-state index in [1.807, 2.05) is 10.8 Å². The van der Waals surface area contributed by atoms with Gasteiger partial charge in [0.2, 0.25) is 0 Å². The Kier molecular flexibility index (Phi) is 5.49. The van der Waals surface area contributed by atoms with Crippen molar-refractivity contribution in [2.75, 3.05) is 11.9 Å². The Labute approximate surface area is 153 Å². The number of nitrogens with one attached hydrogen (secondary N) is 1. The lowest BCUT2D eigenvalue weighted by atomic mass is 10.2. The Morgan fingerprint density at radius 2 is 2.00 bits per heavy atom. The minimum atomic E-state index is -0.748. The lowest BCUT2D eigenvalue weighted by molar-refractivity contribution is 0.558. The maximum atomic E-state index is 14.0. The van der Waals surface area contributed by atoms with E-state index in [-0.39, 0.29) is 17.9 Å². The molecule has 9 heteroatoms. The van der Waals surface area contributed by atoms with Gasteiger partial charge in [-0.2, -0.15) is 0 Å². The van der Waals surface area contributed by atoms with Crippen molar-refractivity contribution >= 4 is 5.82 Å². The smallest absolute Gasteiger partial charge is 0.332 e. The molecule has 0 bridgehead atoms. The van der Waals surface area contributed by atoms with Gasteiger partial charge in [-0.1, -0.05) is 6.07 Å². The number of imidazole rings is 1. The fraction of sp³-hybridized carbons (Fsp3) is 0.278. The Morgan fingerprint density at radius 1 is 1.19 bits per heavy atom. The van der Waals surface area contributed by atoms with Crippen molar-refractivity contribution < 1.29 is 8.78 Å². The molecular weight excluding hydrogens is 356 g/mol. The molecule has 0 fully saturated rings. The zero-order valence-electron chi connectivity index (χ0n) is 14.7. The van der Waals surface area contributed by atoms with Crippen LogP contribution in [0, 0.1) is 11.6 Å². The van der Waals surface area contributed by atoms with Crippen molar-refractivity contribution in [1.82, 2.24) is 18.7 Å². The molecule has 0 atom stereocenters. The van der Waals surface area contributed by atoms with Crippen LogP contribution in [0.3, 0.4) is 0 Å². The fourth-order valence-electron chi connectivity index (χ4n) is 2.69. The highest BCUT2D eigenvalue weighted by Crippen LogP contribution is 2.13. The van der Waals surface area contributed by atoms with Crippen LogP contribution in [0.5, 0.6) is 0 Å². The molecule has 0 unspecified atom stereocenters. The third kappa shape index (κ3) is 4.30.